The monoisotopic (exact) mass is 463 g/mol. The standard InChI is InChI=1S/C16H22BrN3O6S/c1-4-7-18-16(23)19-14(21)9-26-15(22)12-8-11(5-6-13(12)17)27(24,25)20-10(2)3/h5-6,8,10,20H,4,7,9H2,1-3H3,(H2,18,19,21,23). The first-order valence-electron chi connectivity index (χ1n) is 8.13. The summed E-state index contributed by atoms with van der Waals surface area (Å²) in [6, 6.07) is 2.85. The molecule has 0 aliphatic carbocycles. The van der Waals surface area contributed by atoms with Crippen molar-refractivity contribution in [2.45, 2.75) is 38.1 Å². The van der Waals surface area contributed by atoms with Crippen molar-refractivity contribution in [3.8, 4) is 0 Å². The fourth-order valence-corrected chi connectivity index (χ4v) is 3.55. The van der Waals surface area contributed by atoms with Crippen molar-refractivity contribution in [1.82, 2.24) is 15.4 Å². The molecule has 27 heavy (non-hydrogen) atoms. The highest BCUT2D eigenvalue weighted by Gasteiger charge is 2.21. The molecule has 0 aliphatic heterocycles. The number of carbonyl (C=O) groups is 3. The summed E-state index contributed by atoms with van der Waals surface area (Å²) in [7, 11) is -3.80. The third kappa shape index (κ3) is 7.65. The summed E-state index contributed by atoms with van der Waals surface area (Å²) in [4.78, 5) is 35.0. The average molecular weight is 464 g/mol. The van der Waals surface area contributed by atoms with Crippen molar-refractivity contribution in [2.24, 2.45) is 0 Å². The second-order valence-electron chi connectivity index (χ2n) is 5.80. The highest BCUT2D eigenvalue weighted by Crippen LogP contribution is 2.22. The minimum atomic E-state index is -3.80. The number of hydrogen-bond acceptors (Lipinski definition) is 6. The lowest BCUT2D eigenvalue weighted by Crippen LogP contribution is -2.41. The number of hydrogen-bond donors (Lipinski definition) is 3. The zero-order chi connectivity index (χ0) is 20.6. The summed E-state index contributed by atoms with van der Waals surface area (Å²) in [6.07, 6.45) is 0.704. The summed E-state index contributed by atoms with van der Waals surface area (Å²) in [5, 5.41) is 4.45. The molecule has 150 valence electrons. The number of nitrogens with one attached hydrogen (secondary N) is 3. The number of carbonyl (C=O) groups excluding carboxylic acids is 3. The SMILES string of the molecule is CCCNC(=O)NC(=O)COC(=O)c1cc(S(=O)(=O)NC(C)C)ccc1Br. The van der Waals surface area contributed by atoms with Gasteiger partial charge in [-0.05, 0) is 54.4 Å². The molecule has 0 aromatic heterocycles. The van der Waals surface area contributed by atoms with E-state index in [9.17, 15) is 22.8 Å². The molecule has 0 unspecified atom stereocenters. The van der Waals surface area contributed by atoms with E-state index >= 15 is 0 Å². The van der Waals surface area contributed by atoms with Crippen LogP contribution < -0.4 is 15.4 Å². The van der Waals surface area contributed by atoms with E-state index in [1.54, 1.807) is 13.8 Å². The van der Waals surface area contributed by atoms with Crippen LogP contribution in [-0.2, 0) is 19.6 Å². The lowest BCUT2D eigenvalue weighted by atomic mass is 10.2. The fourth-order valence-electron chi connectivity index (χ4n) is 1.86. The quantitative estimate of drug-likeness (QED) is 0.501. The Balaban J connectivity index is 2.79. The Hall–Kier alpha value is -1.98. The third-order valence-electron chi connectivity index (χ3n) is 2.98. The summed E-state index contributed by atoms with van der Waals surface area (Å²) < 4.78 is 32.0. The molecule has 1 aromatic rings. The van der Waals surface area contributed by atoms with E-state index in [-0.39, 0.29) is 16.5 Å². The molecular formula is C16H22BrN3O6S. The first-order chi connectivity index (χ1) is 12.6. The van der Waals surface area contributed by atoms with Gasteiger partial charge in [-0.3, -0.25) is 10.1 Å². The maximum absolute atomic E-state index is 12.2. The molecule has 3 amide bonds. The molecule has 0 fully saturated rings. The lowest BCUT2D eigenvalue weighted by molar-refractivity contribution is -0.123. The zero-order valence-corrected chi connectivity index (χ0v) is 17.6. The summed E-state index contributed by atoms with van der Waals surface area (Å²) in [6.45, 7) is 4.90. The number of halogens is 1. The van der Waals surface area contributed by atoms with E-state index in [0.29, 0.717) is 17.4 Å². The molecule has 1 rings (SSSR count). The van der Waals surface area contributed by atoms with Gasteiger partial charge in [0.1, 0.15) is 0 Å². The van der Waals surface area contributed by atoms with Gasteiger partial charge in [0.25, 0.3) is 5.91 Å². The van der Waals surface area contributed by atoms with Crippen molar-refractivity contribution in [1.29, 1.82) is 0 Å². The Morgan fingerprint density at radius 1 is 1.22 bits per heavy atom. The second-order valence-corrected chi connectivity index (χ2v) is 8.37. The Morgan fingerprint density at radius 3 is 2.48 bits per heavy atom. The van der Waals surface area contributed by atoms with Crippen molar-refractivity contribution in [3.05, 3.63) is 28.2 Å². The average Bonchev–Trinajstić information content (AvgIpc) is 2.56. The first kappa shape index (κ1) is 23.1. The summed E-state index contributed by atoms with van der Waals surface area (Å²) >= 11 is 3.14. The van der Waals surface area contributed by atoms with Gasteiger partial charge in [0, 0.05) is 17.1 Å². The number of amides is 3. The van der Waals surface area contributed by atoms with Crippen molar-refractivity contribution in [3.63, 3.8) is 0 Å². The van der Waals surface area contributed by atoms with Crippen LogP contribution in [0.4, 0.5) is 4.79 Å². The van der Waals surface area contributed by atoms with Crippen LogP contribution in [0.2, 0.25) is 0 Å². The summed E-state index contributed by atoms with van der Waals surface area (Å²) in [5.74, 6) is -1.72. The number of ether oxygens (including phenoxy) is 1. The molecule has 0 aliphatic rings. The maximum atomic E-state index is 12.2. The molecule has 3 N–H and O–H groups in total. The van der Waals surface area contributed by atoms with E-state index in [1.807, 2.05) is 12.2 Å². The van der Waals surface area contributed by atoms with E-state index in [2.05, 4.69) is 26.0 Å². The number of esters is 1. The maximum Gasteiger partial charge on any atom is 0.339 e. The van der Waals surface area contributed by atoms with Gasteiger partial charge in [0.05, 0.1) is 10.5 Å². The van der Waals surface area contributed by atoms with Gasteiger partial charge in [0.2, 0.25) is 10.0 Å². The van der Waals surface area contributed by atoms with Gasteiger partial charge < -0.3 is 10.1 Å². The largest absolute Gasteiger partial charge is 0.452 e. The Labute approximate surface area is 166 Å². The molecule has 0 atom stereocenters. The molecule has 0 radical (unpaired) electrons. The minimum Gasteiger partial charge on any atom is -0.452 e. The van der Waals surface area contributed by atoms with Crippen LogP contribution in [-0.4, -0.2) is 45.5 Å². The fraction of sp³-hybridized carbons (Fsp3) is 0.438. The predicted molar refractivity (Wildman–Crippen MR) is 102 cm³/mol. The van der Waals surface area contributed by atoms with Gasteiger partial charge in [0.15, 0.2) is 6.61 Å². The smallest absolute Gasteiger partial charge is 0.339 e. The molecular weight excluding hydrogens is 442 g/mol. The van der Waals surface area contributed by atoms with Crippen LogP contribution in [0.5, 0.6) is 0 Å². The van der Waals surface area contributed by atoms with Crippen molar-refractivity contribution < 1.29 is 27.5 Å². The van der Waals surface area contributed by atoms with Gasteiger partial charge in [-0.25, -0.2) is 22.7 Å². The highest BCUT2D eigenvalue weighted by molar-refractivity contribution is 9.10. The van der Waals surface area contributed by atoms with E-state index in [0.717, 1.165) is 6.07 Å². The Morgan fingerprint density at radius 2 is 1.89 bits per heavy atom. The minimum absolute atomic E-state index is 0.0649. The zero-order valence-electron chi connectivity index (χ0n) is 15.2. The van der Waals surface area contributed by atoms with Crippen LogP contribution in [0.3, 0.4) is 0 Å². The van der Waals surface area contributed by atoms with Crippen molar-refractivity contribution >= 4 is 43.9 Å². The van der Waals surface area contributed by atoms with E-state index < -0.39 is 34.5 Å². The molecule has 9 nitrogen and oxygen atoms in total. The number of imide groups is 1. The highest BCUT2D eigenvalue weighted by atomic mass is 79.9. The molecule has 0 bridgehead atoms. The lowest BCUT2D eigenvalue weighted by Gasteiger charge is -2.12. The molecule has 0 saturated carbocycles. The number of sulfonamides is 1. The van der Waals surface area contributed by atoms with Crippen LogP contribution in [0.15, 0.2) is 27.6 Å². The van der Waals surface area contributed by atoms with Gasteiger partial charge >= 0.3 is 12.0 Å². The molecule has 0 spiro atoms. The van der Waals surface area contributed by atoms with Gasteiger partial charge in [-0.15, -0.1) is 0 Å². The normalized spacial score (nSPS) is 11.1. The third-order valence-corrected chi connectivity index (χ3v) is 5.33. The summed E-state index contributed by atoms with van der Waals surface area (Å²) in [5.41, 5.74) is -0.0649. The van der Waals surface area contributed by atoms with Crippen LogP contribution in [0.1, 0.15) is 37.6 Å². The van der Waals surface area contributed by atoms with Crippen LogP contribution in [0, 0.1) is 0 Å². The molecule has 0 saturated heterocycles. The van der Waals surface area contributed by atoms with Crippen molar-refractivity contribution in [2.75, 3.05) is 13.2 Å². The number of benzene rings is 1. The Kier molecular flexibility index (Phi) is 8.86. The predicted octanol–water partition coefficient (Wildman–Crippen LogP) is 1.53. The van der Waals surface area contributed by atoms with Crippen LogP contribution in [0.25, 0.3) is 0 Å². The van der Waals surface area contributed by atoms with E-state index in [4.69, 9.17) is 4.74 Å². The molecule has 11 heteroatoms. The molecule has 0 heterocycles. The van der Waals surface area contributed by atoms with Gasteiger partial charge in [-0.1, -0.05) is 6.92 Å². The number of urea groups is 1. The second kappa shape index (κ2) is 10.4. The first-order valence-corrected chi connectivity index (χ1v) is 10.4. The Bertz CT molecular complexity index is 810. The molecule has 1 aromatic carbocycles. The number of rotatable bonds is 8. The van der Waals surface area contributed by atoms with E-state index in [1.165, 1.54) is 12.1 Å². The van der Waals surface area contributed by atoms with Gasteiger partial charge in [-0.2, -0.15) is 0 Å². The topological polar surface area (TPSA) is 131 Å². The van der Waals surface area contributed by atoms with Crippen LogP contribution >= 0.6 is 15.9 Å².